The van der Waals surface area contributed by atoms with Crippen LogP contribution in [0.15, 0.2) is 22.9 Å². The standard InChI is InChI=1S/C19H24FN5O3/c1-24-12-19(9-15(24)17-22-16(11-27-2)28-23-17)5-7-25(8-6-19)18(26)14-4-3-13(20)10-21-14/h3-4,10,15H,5-9,11-12H2,1-2H3. The van der Waals surface area contributed by atoms with Gasteiger partial charge in [0.25, 0.3) is 11.8 Å². The number of amides is 1. The Morgan fingerprint density at radius 1 is 1.39 bits per heavy atom. The van der Waals surface area contributed by atoms with Crippen LogP contribution in [0.1, 0.15) is 47.5 Å². The first kappa shape index (κ1) is 18.9. The third-order valence-corrected chi connectivity index (χ3v) is 5.85. The Morgan fingerprint density at radius 2 is 2.18 bits per heavy atom. The van der Waals surface area contributed by atoms with Gasteiger partial charge in [-0.05, 0) is 43.9 Å². The first-order valence-electron chi connectivity index (χ1n) is 9.42. The number of nitrogens with zero attached hydrogens (tertiary/aromatic N) is 5. The maximum atomic E-state index is 13.0. The van der Waals surface area contributed by atoms with Crippen molar-refractivity contribution in [1.29, 1.82) is 0 Å². The van der Waals surface area contributed by atoms with Gasteiger partial charge in [0.05, 0.1) is 12.2 Å². The van der Waals surface area contributed by atoms with Crippen molar-refractivity contribution < 1.29 is 18.4 Å². The van der Waals surface area contributed by atoms with Gasteiger partial charge in [-0.15, -0.1) is 0 Å². The second-order valence-electron chi connectivity index (χ2n) is 7.77. The van der Waals surface area contributed by atoms with Crippen LogP contribution in [-0.4, -0.2) is 64.6 Å². The molecule has 0 radical (unpaired) electrons. The molecule has 2 aromatic rings. The Morgan fingerprint density at radius 3 is 2.86 bits per heavy atom. The predicted octanol–water partition coefficient (Wildman–Crippen LogP) is 2.05. The van der Waals surface area contributed by atoms with Gasteiger partial charge in [0.15, 0.2) is 5.82 Å². The molecule has 2 saturated heterocycles. The molecule has 4 heterocycles. The summed E-state index contributed by atoms with van der Waals surface area (Å²) in [6, 6.07) is 2.82. The smallest absolute Gasteiger partial charge is 0.272 e. The second-order valence-corrected chi connectivity index (χ2v) is 7.77. The van der Waals surface area contributed by atoms with Gasteiger partial charge in [0.1, 0.15) is 18.1 Å². The number of hydrogen-bond acceptors (Lipinski definition) is 7. The summed E-state index contributed by atoms with van der Waals surface area (Å²) in [6.07, 6.45) is 3.83. The van der Waals surface area contributed by atoms with Crippen LogP contribution in [0, 0.1) is 11.2 Å². The first-order valence-corrected chi connectivity index (χ1v) is 9.42. The zero-order chi connectivity index (χ0) is 19.7. The molecule has 0 saturated carbocycles. The number of carbonyl (C=O) groups is 1. The van der Waals surface area contributed by atoms with Crippen molar-refractivity contribution in [3.63, 3.8) is 0 Å². The summed E-state index contributed by atoms with van der Waals surface area (Å²) in [5.74, 6) is 0.601. The van der Waals surface area contributed by atoms with Gasteiger partial charge in [0.2, 0.25) is 0 Å². The minimum atomic E-state index is -0.440. The molecule has 1 amide bonds. The SMILES string of the molecule is COCc1nc(C2CC3(CCN(C(=O)c4ccc(F)cn4)CC3)CN2C)no1. The van der Waals surface area contributed by atoms with E-state index < -0.39 is 5.82 Å². The minimum Gasteiger partial charge on any atom is -0.375 e. The Labute approximate surface area is 162 Å². The van der Waals surface area contributed by atoms with E-state index in [0.717, 1.165) is 32.0 Å². The molecule has 8 nitrogen and oxygen atoms in total. The van der Waals surface area contributed by atoms with Crippen LogP contribution in [0.4, 0.5) is 4.39 Å². The fourth-order valence-corrected chi connectivity index (χ4v) is 4.35. The van der Waals surface area contributed by atoms with Crippen molar-refractivity contribution in [3.8, 4) is 0 Å². The van der Waals surface area contributed by atoms with Crippen LogP contribution in [0.25, 0.3) is 0 Å². The van der Waals surface area contributed by atoms with Gasteiger partial charge in [0, 0.05) is 26.7 Å². The number of methoxy groups -OCH3 is 1. The number of hydrogen-bond donors (Lipinski definition) is 0. The van der Waals surface area contributed by atoms with Crippen LogP contribution in [0.5, 0.6) is 0 Å². The van der Waals surface area contributed by atoms with Crippen molar-refractivity contribution in [3.05, 3.63) is 41.6 Å². The first-order chi connectivity index (χ1) is 13.5. The number of ether oxygens (including phenoxy) is 1. The molecule has 1 unspecified atom stereocenters. The third kappa shape index (κ3) is 3.64. The van der Waals surface area contributed by atoms with Crippen LogP contribution in [0.2, 0.25) is 0 Å². The van der Waals surface area contributed by atoms with E-state index >= 15 is 0 Å². The number of likely N-dealkylation sites (tertiary alicyclic amines) is 2. The highest BCUT2D eigenvalue weighted by Gasteiger charge is 2.46. The lowest BCUT2D eigenvalue weighted by molar-refractivity contribution is 0.0587. The molecule has 0 aliphatic carbocycles. The minimum absolute atomic E-state index is 0.107. The predicted molar refractivity (Wildman–Crippen MR) is 96.8 cm³/mol. The summed E-state index contributed by atoms with van der Waals surface area (Å²) >= 11 is 0. The normalized spacial score (nSPS) is 22.1. The van der Waals surface area contributed by atoms with E-state index in [-0.39, 0.29) is 23.1 Å². The van der Waals surface area contributed by atoms with Crippen LogP contribution < -0.4 is 0 Å². The lowest BCUT2D eigenvalue weighted by Crippen LogP contribution is -2.44. The fourth-order valence-electron chi connectivity index (χ4n) is 4.35. The van der Waals surface area contributed by atoms with Gasteiger partial charge >= 0.3 is 0 Å². The van der Waals surface area contributed by atoms with Crippen molar-refractivity contribution in [2.24, 2.45) is 5.41 Å². The molecular formula is C19H24FN5O3. The highest BCUT2D eigenvalue weighted by molar-refractivity contribution is 5.92. The summed E-state index contributed by atoms with van der Waals surface area (Å²) in [6.45, 7) is 2.57. The quantitative estimate of drug-likeness (QED) is 0.791. The van der Waals surface area contributed by atoms with Gasteiger partial charge in [-0.25, -0.2) is 9.37 Å². The third-order valence-electron chi connectivity index (χ3n) is 5.85. The van der Waals surface area contributed by atoms with Gasteiger partial charge in [-0.3, -0.25) is 9.69 Å². The summed E-state index contributed by atoms with van der Waals surface area (Å²) in [5.41, 5.74) is 0.422. The van der Waals surface area contributed by atoms with E-state index in [1.165, 1.54) is 12.1 Å². The van der Waals surface area contributed by atoms with Gasteiger partial charge < -0.3 is 14.2 Å². The average molecular weight is 389 g/mol. The molecule has 9 heteroatoms. The molecule has 150 valence electrons. The largest absolute Gasteiger partial charge is 0.375 e. The van der Waals surface area contributed by atoms with E-state index in [1.54, 1.807) is 7.11 Å². The highest BCUT2D eigenvalue weighted by Crippen LogP contribution is 2.47. The lowest BCUT2D eigenvalue weighted by atomic mass is 9.76. The molecule has 4 rings (SSSR count). The number of piperidine rings is 1. The Hall–Kier alpha value is -2.39. The number of pyridine rings is 1. The Kier molecular flexibility index (Phi) is 5.11. The summed E-state index contributed by atoms with van der Waals surface area (Å²) in [4.78, 5) is 25.1. The summed E-state index contributed by atoms with van der Waals surface area (Å²) in [7, 11) is 3.67. The molecule has 2 aliphatic rings. The summed E-state index contributed by atoms with van der Waals surface area (Å²) in [5, 5.41) is 4.12. The second kappa shape index (κ2) is 7.56. The Bertz CT molecular complexity index is 832. The number of aromatic nitrogens is 3. The molecule has 2 aromatic heterocycles. The average Bonchev–Trinajstić information content (AvgIpc) is 3.27. The molecule has 1 atom stereocenters. The van der Waals surface area contributed by atoms with E-state index in [0.29, 0.717) is 31.4 Å². The molecule has 0 N–H and O–H groups in total. The van der Waals surface area contributed by atoms with Crippen molar-refractivity contribution in [1.82, 2.24) is 24.9 Å². The molecule has 2 aliphatic heterocycles. The zero-order valence-electron chi connectivity index (χ0n) is 16.1. The van der Waals surface area contributed by atoms with E-state index in [4.69, 9.17) is 9.26 Å². The number of halogens is 1. The molecule has 2 fully saturated rings. The Balaban J connectivity index is 1.39. The molecule has 0 bridgehead atoms. The fraction of sp³-hybridized carbons (Fsp3) is 0.579. The highest BCUT2D eigenvalue weighted by atomic mass is 19.1. The van der Waals surface area contributed by atoms with Crippen molar-refractivity contribution in [2.75, 3.05) is 33.8 Å². The monoisotopic (exact) mass is 389 g/mol. The maximum absolute atomic E-state index is 13.0. The molecular weight excluding hydrogens is 365 g/mol. The molecule has 28 heavy (non-hydrogen) atoms. The molecule has 1 spiro atoms. The van der Waals surface area contributed by atoms with Crippen LogP contribution >= 0.6 is 0 Å². The lowest BCUT2D eigenvalue weighted by Gasteiger charge is -2.39. The summed E-state index contributed by atoms with van der Waals surface area (Å²) < 4.78 is 23.3. The van der Waals surface area contributed by atoms with Crippen molar-refractivity contribution >= 4 is 5.91 Å². The topological polar surface area (TPSA) is 84.6 Å². The number of carbonyl (C=O) groups excluding carboxylic acids is 1. The van der Waals surface area contributed by atoms with Crippen molar-refractivity contribution in [2.45, 2.75) is 31.9 Å². The van der Waals surface area contributed by atoms with Gasteiger partial charge in [-0.2, -0.15) is 4.98 Å². The zero-order valence-corrected chi connectivity index (χ0v) is 16.1. The van der Waals surface area contributed by atoms with E-state index in [1.807, 2.05) is 4.90 Å². The van der Waals surface area contributed by atoms with Crippen LogP contribution in [-0.2, 0) is 11.3 Å². The maximum Gasteiger partial charge on any atom is 0.272 e. The van der Waals surface area contributed by atoms with E-state index in [9.17, 15) is 9.18 Å². The molecule has 0 aromatic carbocycles. The number of rotatable bonds is 4. The van der Waals surface area contributed by atoms with Crippen LogP contribution in [0.3, 0.4) is 0 Å². The van der Waals surface area contributed by atoms with Gasteiger partial charge in [-0.1, -0.05) is 5.16 Å². The van der Waals surface area contributed by atoms with E-state index in [2.05, 4.69) is 27.1 Å².